The Morgan fingerprint density at radius 1 is 1.20 bits per heavy atom. The molecule has 0 aliphatic heterocycles. The van der Waals surface area contributed by atoms with E-state index in [2.05, 4.69) is 41.5 Å². The maximum Gasteiger partial charge on any atom is 0.312 e. The van der Waals surface area contributed by atoms with E-state index in [4.69, 9.17) is 14.5 Å². The summed E-state index contributed by atoms with van der Waals surface area (Å²) in [5, 5.41) is 16.7. The fourth-order valence-electron chi connectivity index (χ4n) is 4.33. The topological polar surface area (TPSA) is 109 Å². The lowest BCUT2D eigenvalue weighted by atomic mass is 9.96. The Morgan fingerprint density at radius 3 is 2.62 bits per heavy atom. The summed E-state index contributed by atoms with van der Waals surface area (Å²) >= 11 is 3.32. The van der Waals surface area contributed by atoms with Gasteiger partial charge in [0, 0.05) is 21.7 Å². The molecule has 0 bridgehead atoms. The zero-order chi connectivity index (χ0) is 29.0. The van der Waals surface area contributed by atoms with Gasteiger partial charge in [0.2, 0.25) is 5.75 Å². The molecule has 4 aromatic rings. The quantitative estimate of drug-likeness (QED) is 0.0833. The van der Waals surface area contributed by atoms with Crippen molar-refractivity contribution in [3.8, 4) is 22.9 Å². The average molecular weight is 605 g/mol. The maximum atomic E-state index is 13.8. The Morgan fingerprint density at radius 2 is 1.95 bits per heavy atom. The number of fused-ring (bicyclic) bond motifs is 1. The molecule has 0 aliphatic carbocycles. The van der Waals surface area contributed by atoms with Crippen molar-refractivity contribution in [2.75, 3.05) is 13.2 Å². The number of benzene rings is 3. The zero-order valence-electron chi connectivity index (χ0n) is 22.7. The van der Waals surface area contributed by atoms with Gasteiger partial charge in [-0.15, -0.1) is 0 Å². The van der Waals surface area contributed by atoms with E-state index in [9.17, 15) is 14.9 Å². The van der Waals surface area contributed by atoms with E-state index < -0.39 is 4.92 Å². The van der Waals surface area contributed by atoms with Crippen LogP contribution in [0, 0.1) is 17.0 Å². The fraction of sp³-hybridized carbons (Fsp3) is 0.233. The monoisotopic (exact) mass is 604 g/mol. The Kier molecular flexibility index (Phi) is 8.79. The van der Waals surface area contributed by atoms with Gasteiger partial charge in [-0.2, -0.15) is 9.78 Å². The molecule has 40 heavy (non-hydrogen) atoms. The van der Waals surface area contributed by atoms with Gasteiger partial charge in [-0.05, 0) is 61.2 Å². The van der Waals surface area contributed by atoms with Gasteiger partial charge in [0.25, 0.3) is 5.56 Å². The largest absolute Gasteiger partial charge is 0.494 e. The van der Waals surface area contributed by atoms with E-state index in [1.54, 1.807) is 24.3 Å². The molecule has 0 fully saturated rings. The molecule has 0 atom stereocenters. The number of hydrogen-bond donors (Lipinski definition) is 0. The van der Waals surface area contributed by atoms with Gasteiger partial charge < -0.3 is 9.47 Å². The van der Waals surface area contributed by atoms with Crippen LogP contribution in [0.5, 0.6) is 11.5 Å². The van der Waals surface area contributed by atoms with E-state index in [1.165, 1.54) is 23.0 Å². The van der Waals surface area contributed by atoms with E-state index in [0.717, 1.165) is 22.4 Å². The SMILES string of the molecule is C=CCOc1c(C=Nn2c(-c3cc(C(C)C)c(OCC)cc3C)nc3ccccc3c2=O)cc(Br)cc1[N+](=O)[O-]. The van der Waals surface area contributed by atoms with Crippen LogP contribution in [0.15, 0.2) is 75.6 Å². The number of ether oxygens (including phenoxy) is 2. The summed E-state index contributed by atoms with van der Waals surface area (Å²) < 4.78 is 13.2. The van der Waals surface area contributed by atoms with Gasteiger partial charge in [-0.1, -0.05) is 54.6 Å². The minimum atomic E-state index is -0.535. The minimum Gasteiger partial charge on any atom is -0.494 e. The standard InChI is InChI=1S/C30H29BrN4O5/c1-6-12-40-28-20(14-21(31)15-26(28)35(37)38)17-32-34-29(33-25-11-9-8-10-22(25)30(34)36)24-16-23(18(3)4)27(39-7-2)13-19(24)5/h6,8-11,13-18H,1,7,12H2,2-5H3. The fourth-order valence-corrected chi connectivity index (χ4v) is 4.79. The van der Waals surface area contributed by atoms with Crippen molar-refractivity contribution in [3.63, 3.8) is 0 Å². The van der Waals surface area contributed by atoms with Crippen LogP contribution in [0.2, 0.25) is 0 Å². The molecule has 206 valence electrons. The molecule has 10 heteroatoms. The predicted molar refractivity (Wildman–Crippen MR) is 161 cm³/mol. The van der Waals surface area contributed by atoms with Crippen LogP contribution in [0.1, 0.15) is 43.4 Å². The Bertz CT molecular complexity index is 1690. The van der Waals surface area contributed by atoms with Gasteiger partial charge in [-0.25, -0.2) is 4.98 Å². The number of nitro benzene ring substituents is 1. The molecule has 3 aromatic carbocycles. The predicted octanol–water partition coefficient (Wildman–Crippen LogP) is 7.01. The highest BCUT2D eigenvalue weighted by Crippen LogP contribution is 2.36. The van der Waals surface area contributed by atoms with Crippen LogP contribution in [0.3, 0.4) is 0 Å². The molecule has 0 aliphatic rings. The number of para-hydroxylation sites is 1. The van der Waals surface area contributed by atoms with Gasteiger partial charge in [0.1, 0.15) is 12.4 Å². The van der Waals surface area contributed by atoms with Crippen LogP contribution in [0.4, 0.5) is 5.69 Å². The zero-order valence-corrected chi connectivity index (χ0v) is 24.3. The van der Waals surface area contributed by atoms with Crippen LogP contribution >= 0.6 is 15.9 Å². The summed E-state index contributed by atoms with van der Waals surface area (Å²) in [5.41, 5.74) is 2.76. The van der Waals surface area contributed by atoms with Crippen molar-refractivity contribution in [3.05, 3.63) is 103 Å². The summed E-state index contributed by atoms with van der Waals surface area (Å²) in [5.74, 6) is 1.28. The number of aryl methyl sites for hydroxylation is 1. The van der Waals surface area contributed by atoms with Crippen molar-refractivity contribution in [2.24, 2.45) is 5.10 Å². The van der Waals surface area contributed by atoms with Crippen molar-refractivity contribution in [2.45, 2.75) is 33.6 Å². The number of nitro groups is 1. The van der Waals surface area contributed by atoms with Gasteiger partial charge >= 0.3 is 5.69 Å². The summed E-state index contributed by atoms with van der Waals surface area (Å²) in [7, 11) is 0. The average Bonchev–Trinajstić information content (AvgIpc) is 2.91. The molecule has 0 unspecified atom stereocenters. The lowest BCUT2D eigenvalue weighted by molar-refractivity contribution is -0.385. The van der Waals surface area contributed by atoms with Crippen molar-refractivity contribution < 1.29 is 14.4 Å². The van der Waals surface area contributed by atoms with Gasteiger partial charge in [0.15, 0.2) is 5.82 Å². The highest BCUT2D eigenvalue weighted by atomic mass is 79.9. The third-order valence-electron chi connectivity index (χ3n) is 6.19. The smallest absolute Gasteiger partial charge is 0.312 e. The van der Waals surface area contributed by atoms with E-state index in [0.29, 0.717) is 33.4 Å². The van der Waals surface area contributed by atoms with E-state index >= 15 is 0 Å². The second-order valence-corrected chi connectivity index (χ2v) is 10.2. The van der Waals surface area contributed by atoms with E-state index in [-0.39, 0.29) is 29.5 Å². The Labute approximate surface area is 240 Å². The normalized spacial score (nSPS) is 11.3. The molecule has 1 heterocycles. The minimum absolute atomic E-state index is 0.0135. The van der Waals surface area contributed by atoms with Gasteiger partial charge in [-0.3, -0.25) is 14.9 Å². The Hall–Kier alpha value is -4.31. The molecule has 0 N–H and O–H groups in total. The molecule has 1 aromatic heterocycles. The van der Waals surface area contributed by atoms with Crippen LogP contribution in [-0.4, -0.2) is 34.0 Å². The first-order chi connectivity index (χ1) is 19.2. The molecule has 0 saturated carbocycles. The molecule has 9 nitrogen and oxygen atoms in total. The number of aromatic nitrogens is 2. The third kappa shape index (κ3) is 5.81. The molecule has 4 rings (SSSR count). The third-order valence-corrected chi connectivity index (χ3v) is 6.65. The second kappa shape index (κ2) is 12.3. The van der Waals surface area contributed by atoms with Gasteiger partial charge in [0.05, 0.1) is 28.6 Å². The van der Waals surface area contributed by atoms with Crippen molar-refractivity contribution >= 4 is 38.7 Å². The highest BCUT2D eigenvalue weighted by Gasteiger charge is 2.22. The molecule has 0 radical (unpaired) electrons. The maximum absolute atomic E-state index is 13.8. The van der Waals surface area contributed by atoms with Crippen LogP contribution < -0.4 is 15.0 Å². The van der Waals surface area contributed by atoms with Crippen molar-refractivity contribution in [1.29, 1.82) is 0 Å². The lowest BCUT2D eigenvalue weighted by Gasteiger charge is -2.18. The molecular formula is C30H29BrN4O5. The molecule has 0 amide bonds. The highest BCUT2D eigenvalue weighted by molar-refractivity contribution is 9.10. The summed E-state index contributed by atoms with van der Waals surface area (Å²) in [6.45, 7) is 12.2. The number of hydrogen-bond acceptors (Lipinski definition) is 7. The number of halogens is 1. The van der Waals surface area contributed by atoms with Crippen molar-refractivity contribution in [1.82, 2.24) is 9.66 Å². The van der Waals surface area contributed by atoms with E-state index in [1.807, 2.05) is 32.0 Å². The first kappa shape index (κ1) is 28.7. The summed E-state index contributed by atoms with van der Waals surface area (Å²) in [4.78, 5) is 29.8. The lowest BCUT2D eigenvalue weighted by Crippen LogP contribution is -2.21. The number of rotatable bonds is 10. The Balaban J connectivity index is 2.00. The second-order valence-electron chi connectivity index (χ2n) is 9.31. The molecular weight excluding hydrogens is 576 g/mol. The van der Waals surface area contributed by atoms with Crippen LogP contribution in [-0.2, 0) is 0 Å². The number of nitrogens with zero attached hydrogens (tertiary/aromatic N) is 4. The first-order valence-corrected chi connectivity index (χ1v) is 13.5. The summed E-state index contributed by atoms with van der Waals surface area (Å²) in [6.07, 6.45) is 2.86. The summed E-state index contributed by atoms with van der Waals surface area (Å²) in [6, 6.07) is 14.0. The first-order valence-electron chi connectivity index (χ1n) is 12.7. The molecule has 0 saturated heterocycles. The van der Waals surface area contributed by atoms with Crippen LogP contribution in [0.25, 0.3) is 22.3 Å². The molecule has 0 spiro atoms.